The van der Waals surface area contributed by atoms with Gasteiger partial charge in [-0.1, -0.05) is 6.07 Å². The van der Waals surface area contributed by atoms with Gasteiger partial charge in [-0.15, -0.1) is 11.8 Å². The Balaban J connectivity index is 1.63. The zero-order valence-electron chi connectivity index (χ0n) is 15.0. The van der Waals surface area contributed by atoms with Crippen LogP contribution >= 0.6 is 11.8 Å². The maximum atomic E-state index is 13.0. The van der Waals surface area contributed by atoms with Crippen LogP contribution in [0.2, 0.25) is 0 Å². The van der Waals surface area contributed by atoms with Gasteiger partial charge in [-0.3, -0.25) is 9.78 Å². The van der Waals surface area contributed by atoms with Crippen LogP contribution in [0.4, 0.5) is 0 Å². The summed E-state index contributed by atoms with van der Waals surface area (Å²) in [7, 11) is 0. The summed E-state index contributed by atoms with van der Waals surface area (Å²) in [4.78, 5) is 20.6. The normalized spacial score (nSPS) is 17.3. The number of hydrogen-bond acceptors (Lipinski definition) is 4. The Hall–Kier alpha value is -1.85. The number of amides is 1. The number of carbonyl (C=O) groups excluding carboxylic acids is 1. The Bertz CT molecular complexity index is 691. The summed E-state index contributed by atoms with van der Waals surface area (Å²) in [6, 6.07) is 14.1. The summed E-state index contributed by atoms with van der Waals surface area (Å²) in [5.41, 5.74) is 1.85. The molecule has 1 saturated heterocycles. The highest BCUT2D eigenvalue weighted by Crippen LogP contribution is 2.24. The van der Waals surface area contributed by atoms with Gasteiger partial charge in [0.05, 0.1) is 6.61 Å². The molecule has 138 valence electrons. The first kappa shape index (κ1) is 18.9. The van der Waals surface area contributed by atoms with Crippen LogP contribution in [0, 0.1) is 0 Å². The molecule has 1 aliphatic heterocycles. The molecule has 2 aromatic rings. The molecular weight excluding hydrogens is 344 g/mol. The van der Waals surface area contributed by atoms with E-state index in [4.69, 9.17) is 5.11 Å². The minimum Gasteiger partial charge on any atom is -0.396 e. The predicted octanol–water partition coefficient (Wildman–Crippen LogP) is 3.79. The summed E-state index contributed by atoms with van der Waals surface area (Å²) >= 11 is 1.60. The maximum Gasteiger partial charge on any atom is 0.254 e. The molecule has 0 aliphatic carbocycles. The molecule has 1 aliphatic rings. The first-order valence-electron chi connectivity index (χ1n) is 9.32. The van der Waals surface area contributed by atoms with Crippen molar-refractivity contribution < 1.29 is 9.90 Å². The van der Waals surface area contributed by atoms with Crippen LogP contribution in [0.3, 0.4) is 0 Å². The average molecular weight is 371 g/mol. The van der Waals surface area contributed by atoms with Gasteiger partial charge in [-0.2, -0.15) is 0 Å². The van der Waals surface area contributed by atoms with E-state index in [9.17, 15) is 4.79 Å². The number of likely N-dealkylation sites (tertiary alicyclic amines) is 1. The van der Waals surface area contributed by atoms with Crippen LogP contribution in [-0.2, 0) is 6.42 Å². The molecule has 1 aromatic heterocycles. The number of hydrogen-bond donors (Lipinski definition) is 1. The van der Waals surface area contributed by atoms with Gasteiger partial charge in [0.2, 0.25) is 0 Å². The van der Waals surface area contributed by atoms with E-state index in [0.717, 1.165) is 48.4 Å². The Kier molecular flexibility index (Phi) is 7.09. The van der Waals surface area contributed by atoms with Gasteiger partial charge in [0.1, 0.15) is 0 Å². The third-order valence-corrected chi connectivity index (χ3v) is 5.80. The maximum absolute atomic E-state index is 13.0. The molecule has 26 heavy (non-hydrogen) atoms. The monoisotopic (exact) mass is 370 g/mol. The van der Waals surface area contributed by atoms with Crippen molar-refractivity contribution in [2.24, 2.45) is 0 Å². The lowest BCUT2D eigenvalue weighted by atomic mass is 9.96. The molecule has 4 nitrogen and oxygen atoms in total. The van der Waals surface area contributed by atoms with Gasteiger partial charge in [0, 0.05) is 40.7 Å². The lowest BCUT2D eigenvalue weighted by molar-refractivity contribution is 0.0601. The average Bonchev–Trinajstić information content (AvgIpc) is 2.71. The van der Waals surface area contributed by atoms with E-state index < -0.39 is 0 Å². The van der Waals surface area contributed by atoms with E-state index in [2.05, 4.69) is 16.0 Å². The molecule has 1 atom stereocenters. The number of pyridine rings is 1. The van der Waals surface area contributed by atoms with Crippen LogP contribution in [0.5, 0.6) is 0 Å². The van der Waals surface area contributed by atoms with Crippen LogP contribution in [0.25, 0.3) is 0 Å². The molecule has 1 aromatic carbocycles. The number of carbonyl (C=O) groups is 1. The SMILES string of the molecule is O=C(c1ccc(SCCO)cc1)N1CCCC[C@H]1CCc1ccccn1. The number of thioether (sulfide) groups is 1. The zero-order valence-corrected chi connectivity index (χ0v) is 15.8. The molecule has 0 unspecified atom stereocenters. The van der Waals surface area contributed by atoms with Crippen molar-refractivity contribution in [3.05, 3.63) is 59.9 Å². The van der Waals surface area contributed by atoms with Crippen LogP contribution in [-0.4, -0.2) is 45.8 Å². The molecule has 0 saturated carbocycles. The van der Waals surface area contributed by atoms with E-state index in [-0.39, 0.29) is 12.5 Å². The van der Waals surface area contributed by atoms with E-state index in [1.807, 2.05) is 42.6 Å². The number of aliphatic hydroxyl groups excluding tert-OH is 1. The number of rotatable bonds is 7. The Morgan fingerprint density at radius 3 is 2.77 bits per heavy atom. The first-order chi connectivity index (χ1) is 12.8. The highest BCUT2D eigenvalue weighted by Gasteiger charge is 2.27. The molecule has 0 bridgehead atoms. The van der Waals surface area contributed by atoms with Gasteiger partial charge in [0.25, 0.3) is 5.91 Å². The van der Waals surface area contributed by atoms with Crippen molar-refractivity contribution >= 4 is 17.7 Å². The van der Waals surface area contributed by atoms with Crippen molar-refractivity contribution in [3.63, 3.8) is 0 Å². The zero-order chi connectivity index (χ0) is 18.2. The standard InChI is InChI=1S/C21H26N2O2S/c24-15-16-26-20-11-7-17(8-12-20)21(25)23-14-4-2-6-19(23)10-9-18-5-1-3-13-22-18/h1,3,5,7-8,11-13,19,24H,2,4,6,9-10,14-16H2/t19-/m0/s1. The summed E-state index contributed by atoms with van der Waals surface area (Å²) in [6.07, 6.45) is 7.04. The van der Waals surface area contributed by atoms with Gasteiger partial charge in [0.15, 0.2) is 0 Å². The van der Waals surface area contributed by atoms with E-state index in [1.54, 1.807) is 11.8 Å². The number of aliphatic hydroxyl groups is 1. The van der Waals surface area contributed by atoms with Gasteiger partial charge >= 0.3 is 0 Å². The van der Waals surface area contributed by atoms with Crippen molar-refractivity contribution in [2.45, 2.75) is 43.0 Å². The van der Waals surface area contributed by atoms with Crippen LogP contribution < -0.4 is 0 Å². The minimum atomic E-state index is 0.134. The Morgan fingerprint density at radius 1 is 1.19 bits per heavy atom. The fourth-order valence-electron chi connectivity index (χ4n) is 3.45. The Morgan fingerprint density at radius 2 is 2.04 bits per heavy atom. The Labute approximate surface area is 159 Å². The van der Waals surface area contributed by atoms with Gasteiger partial charge in [-0.25, -0.2) is 0 Å². The second kappa shape index (κ2) is 9.74. The largest absolute Gasteiger partial charge is 0.396 e. The minimum absolute atomic E-state index is 0.134. The van der Waals surface area contributed by atoms with Gasteiger partial charge in [-0.05, 0) is 68.5 Å². The van der Waals surface area contributed by atoms with E-state index in [0.29, 0.717) is 11.8 Å². The molecule has 3 rings (SSSR count). The molecule has 1 amide bonds. The first-order valence-corrected chi connectivity index (χ1v) is 10.3. The number of benzene rings is 1. The molecular formula is C21H26N2O2S. The smallest absolute Gasteiger partial charge is 0.254 e. The van der Waals surface area contributed by atoms with Crippen molar-refractivity contribution in [1.82, 2.24) is 9.88 Å². The summed E-state index contributed by atoms with van der Waals surface area (Å²) in [6.45, 7) is 1.00. The highest BCUT2D eigenvalue weighted by atomic mass is 32.2. The van der Waals surface area contributed by atoms with Crippen molar-refractivity contribution in [3.8, 4) is 0 Å². The lowest BCUT2D eigenvalue weighted by Gasteiger charge is -2.36. The molecule has 1 fully saturated rings. The molecule has 5 heteroatoms. The number of piperidine rings is 1. The van der Waals surface area contributed by atoms with E-state index in [1.165, 1.54) is 6.42 Å². The number of nitrogens with zero attached hydrogens (tertiary/aromatic N) is 2. The number of aryl methyl sites for hydroxylation is 1. The fraction of sp³-hybridized carbons (Fsp3) is 0.429. The third kappa shape index (κ3) is 5.08. The second-order valence-corrected chi connectivity index (χ2v) is 7.77. The van der Waals surface area contributed by atoms with Crippen LogP contribution in [0.1, 0.15) is 41.7 Å². The fourth-order valence-corrected chi connectivity index (χ4v) is 4.11. The van der Waals surface area contributed by atoms with Crippen LogP contribution in [0.15, 0.2) is 53.6 Å². The van der Waals surface area contributed by atoms with Gasteiger partial charge < -0.3 is 10.0 Å². The summed E-state index contributed by atoms with van der Waals surface area (Å²) in [5.74, 6) is 0.809. The van der Waals surface area contributed by atoms with Crippen molar-refractivity contribution in [2.75, 3.05) is 18.9 Å². The van der Waals surface area contributed by atoms with E-state index >= 15 is 0 Å². The summed E-state index contributed by atoms with van der Waals surface area (Å²) in [5, 5.41) is 8.92. The predicted molar refractivity (Wildman–Crippen MR) is 105 cm³/mol. The second-order valence-electron chi connectivity index (χ2n) is 6.60. The highest BCUT2D eigenvalue weighted by molar-refractivity contribution is 7.99. The molecule has 2 heterocycles. The quantitative estimate of drug-likeness (QED) is 0.754. The van der Waals surface area contributed by atoms with Crippen molar-refractivity contribution in [1.29, 1.82) is 0 Å². The third-order valence-electron chi connectivity index (χ3n) is 4.81. The lowest BCUT2D eigenvalue weighted by Crippen LogP contribution is -2.44. The molecule has 0 spiro atoms. The molecule has 1 N–H and O–H groups in total. The topological polar surface area (TPSA) is 53.4 Å². The molecule has 0 radical (unpaired) electrons. The number of aromatic nitrogens is 1. The summed E-state index contributed by atoms with van der Waals surface area (Å²) < 4.78 is 0.